The molecular weight excluding hydrogens is 500 g/mol. The number of halogens is 8. The average molecular weight is 512 g/mol. The van der Waals surface area contributed by atoms with Gasteiger partial charge in [-0.2, -0.15) is 26.3 Å². The number of ketones is 1. The van der Waals surface area contributed by atoms with E-state index < -0.39 is 58.7 Å². The van der Waals surface area contributed by atoms with Gasteiger partial charge in [0, 0.05) is 5.56 Å². The van der Waals surface area contributed by atoms with Crippen molar-refractivity contribution in [1.82, 2.24) is 4.68 Å². The van der Waals surface area contributed by atoms with Gasteiger partial charge in [0.25, 0.3) is 17.6 Å². The van der Waals surface area contributed by atoms with Crippen LogP contribution >= 0.6 is 0 Å². The quantitative estimate of drug-likeness (QED) is 0.170. The average Bonchev–Trinajstić information content (AvgIpc) is 3.00. The predicted molar refractivity (Wildman–Crippen MR) is 99.5 cm³/mol. The molecule has 0 saturated heterocycles. The predicted octanol–water partition coefficient (Wildman–Crippen LogP) is 3.98. The lowest BCUT2D eigenvalue weighted by atomic mass is 9.99. The van der Waals surface area contributed by atoms with Crippen molar-refractivity contribution in [3.05, 3.63) is 64.0 Å². The molecule has 1 aromatic heterocycles. The van der Waals surface area contributed by atoms with Crippen LogP contribution in [0.3, 0.4) is 0 Å². The third-order valence-electron chi connectivity index (χ3n) is 4.83. The van der Waals surface area contributed by atoms with E-state index in [2.05, 4.69) is 4.74 Å². The van der Waals surface area contributed by atoms with Gasteiger partial charge in [-0.1, -0.05) is 4.85 Å². The van der Waals surface area contributed by atoms with Crippen molar-refractivity contribution in [1.29, 1.82) is 0 Å². The van der Waals surface area contributed by atoms with Crippen molar-refractivity contribution in [2.45, 2.75) is 18.5 Å². The number of methoxy groups -OCH3 is 1. The topological polar surface area (TPSA) is 84.5 Å². The second-order valence-electron chi connectivity index (χ2n) is 7.04. The van der Waals surface area contributed by atoms with E-state index in [1.807, 2.05) is 0 Å². The van der Waals surface area contributed by atoms with E-state index in [1.54, 1.807) is 0 Å². The van der Waals surface area contributed by atoms with E-state index in [0.717, 1.165) is 4.68 Å². The van der Waals surface area contributed by atoms with Crippen LogP contribution in [0.5, 0.6) is 5.75 Å². The molecule has 0 amide bonds. The zero-order valence-corrected chi connectivity index (χ0v) is 17.4. The Labute approximate surface area is 189 Å². The maximum Gasteiger partial charge on any atom is 0.434 e. The molecule has 35 heavy (non-hydrogen) atoms. The summed E-state index contributed by atoms with van der Waals surface area (Å²) < 4.78 is 114. The van der Waals surface area contributed by atoms with E-state index in [0.29, 0.717) is 0 Å². The van der Waals surface area contributed by atoms with Gasteiger partial charge in [-0.25, -0.2) is 13.6 Å². The summed E-state index contributed by atoms with van der Waals surface area (Å²) in [5.41, 5.74) is -3.36. The molecule has 0 aliphatic carbocycles. The molecule has 0 aliphatic rings. The van der Waals surface area contributed by atoms with Gasteiger partial charge in [0.1, 0.15) is 11.3 Å². The molecule has 0 radical (unpaired) electrons. The molecule has 188 valence electrons. The lowest BCUT2D eigenvalue weighted by Gasteiger charge is -2.23. The Hall–Kier alpha value is -3.91. The molecule has 1 heterocycles. The summed E-state index contributed by atoms with van der Waals surface area (Å²) in [6.45, 7) is 0. The van der Waals surface area contributed by atoms with Gasteiger partial charge in [-0.05, 0) is 30.3 Å². The van der Waals surface area contributed by atoms with Crippen LogP contribution in [0.25, 0.3) is 10.9 Å². The summed E-state index contributed by atoms with van der Waals surface area (Å²) >= 11 is 0. The Morgan fingerprint density at radius 3 is 2.03 bits per heavy atom. The van der Waals surface area contributed by atoms with Gasteiger partial charge in [-0.3, -0.25) is 4.79 Å². The van der Waals surface area contributed by atoms with Crippen LogP contribution < -0.4 is 9.58 Å². The molecule has 0 bridgehead atoms. The van der Waals surface area contributed by atoms with Crippen LogP contribution in [0.4, 0.5) is 35.1 Å². The van der Waals surface area contributed by atoms with Crippen LogP contribution in [0.2, 0.25) is 0 Å². The standard InChI is InChI=1S/C20H12F8N2O5/c1-29-14-4-3-8(34-2)5-11(14)15(30(29)33)16(31)9-6-12(21)13(22)7-10(9)17(32)35-18(19(23,24)25)20(26,27)28/h3-7,18H,1-2H3. The number of ether oxygens (including phenoxy) is 2. The molecule has 3 aromatic rings. The fourth-order valence-corrected chi connectivity index (χ4v) is 3.19. The summed E-state index contributed by atoms with van der Waals surface area (Å²) in [5, 5.41) is 12.5. The minimum Gasteiger partial charge on any atom is -0.595 e. The third-order valence-corrected chi connectivity index (χ3v) is 4.83. The van der Waals surface area contributed by atoms with E-state index in [-0.39, 0.29) is 33.6 Å². The number of aromatic nitrogens is 2. The summed E-state index contributed by atoms with van der Waals surface area (Å²) in [4.78, 5) is 25.4. The van der Waals surface area contributed by atoms with Gasteiger partial charge in [0.15, 0.2) is 11.6 Å². The lowest BCUT2D eigenvalue weighted by molar-refractivity contribution is -0.690. The second kappa shape index (κ2) is 8.70. The van der Waals surface area contributed by atoms with Gasteiger partial charge < -0.3 is 14.7 Å². The zero-order valence-electron chi connectivity index (χ0n) is 17.4. The fraction of sp³-hybridized carbons (Fsp3) is 0.250. The Kier molecular flexibility index (Phi) is 6.39. The number of aryl methyl sites for hydroxylation is 1. The number of carbonyl (C=O) groups excluding carboxylic acids is 2. The maximum absolute atomic E-state index is 13.9. The molecule has 0 atom stereocenters. The lowest BCUT2D eigenvalue weighted by Crippen LogP contribution is -2.45. The number of alkyl halides is 6. The van der Waals surface area contributed by atoms with Gasteiger partial charge in [0.2, 0.25) is 0 Å². The summed E-state index contributed by atoms with van der Waals surface area (Å²) in [7, 11) is 2.45. The smallest absolute Gasteiger partial charge is 0.434 e. The van der Waals surface area contributed by atoms with E-state index in [4.69, 9.17) is 4.74 Å². The third kappa shape index (κ3) is 4.70. The SMILES string of the molecule is COc1ccc2c(c1)c(C(=O)c1cc(F)c(F)cc1C(=O)OC(C(F)(F)F)C(F)(F)F)[n+]([O-])n2C. The van der Waals surface area contributed by atoms with Crippen LogP contribution in [0.1, 0.15) is 26.4 Å². The first-order valence-corrected chi connectivity index (χ1v) is 9.22. The Morgan fingerprint density at radius 2 is 1.51 bits per heavy atom. The molecule has 0 aliphatic heterocycles. The Bertz CT molecular complexity index is 1320. The number of benzene rings is 2. The molecule has 0 N–H and O–H groups in total. The van der Waals surface area contributed by atoms with E-state index in [1.165, 1.54) is 32.4 Å². The highest BCUT2D eigenvalue weighted by Gasteiger charge is 2.60. The molecule has 7 nitrogen and oxygen atoms in total. The van der Waals surface area contributed by atoms with Crippen LogP contribution in [-0.4, -0.2) is 42.0 Å². The van der Waals surface area contributed by atoms with Crippen LogP contribution in [0, 0.1) is 16.8 Å². The van der Waals surface area contributed by atoms with Crippen molar-refractivity contribution in [2.75, 3.05) is 7.11 Å². The first kappa shape index (κ1) is 25.7. The monoisotopic (exact) mass is 512 g/mol. The van der Waals surface area contributed by atoms with Crippen molar-refractivity contribution in [3.8, 4) is 5.75 Å². The fourth-order valence-electron chi connectivity index (χ4n) is 3.19. The Balaban J connectivity index is 2.19. The number of hydrogen-bond donors (Lipinski definition) is 0. The molecule has 2 aromatic carbocycles. The van der Waals surface area contributed by atoms with Gasteiger partial charge in [0.05, 0.1) is 25.1 Å². The molecular formula is C20H12F8N2O5. The number of esters is 1. The number of fused-ring (bicyclic) bond motifs is 1. The molecule has 0 saturated carbocycles. The Morgan fingerprint density at radius 1 is 0.971 bits per heavy atom. The normalized spacial score (nSPS) is 12.3. The minimum atomic E-state index is -6.11. The van der Waals surface area contributed by atoms with Crippen molar-refractivity contribution in [2.24, 2.45) is 7.05 Å². The number of carbonyl (C=O) groups is 2. The highest BCUT2D eigenvalue weighted by atomic mass is 19.4. The first-order chi connectivity index (χ1) is 16.1. The van der Waals surface area contributed by atoms with Crippen LogP contribution in [-0.2, 0) is 11.8 Å². The summed E-state index contributed by atoms with van der Waals surface area (Å²) in [5.74, 6) is -7.45. The van der Waals surface area contributed by atoms with Gasteiger partial charge >= 0.3 is 18.3 Å². The van der Waals surface area contributed by atoms with E-state index >= 15 is 0 Å². The molecule has 0 spiro atoms. The van der Waals surface area contributed by atoms with Crippen LogP contribution in [0.15, 0.2) is 30.3 Å². The molecule has 0 unspecified atom stereocenters. The van der Waals surface area contributed by atoms with E-state index in [9.17, 15) is 49.9 Å². The van der Waals surface area contributed by atoms with Crippen molar-refractivity contribution in [3.63, 3.8) is 0 Å². The highest BCUT2D eigenvalue weighted by molar-refractivity contribution is 6.17. The maximum atomic E-state index is 13.9. The molecule has 3 rings (SSSR count). The number of rotatable bonds is 5. The first-order valence-electron chi connectivity index (χ1n) is 9.22. The molecule has 0 fully saturated rings. The van der Waals surface area contributed by atoms with Gasteiger partial charge in [-0.15, -0.1) is 4.68 Å². The minimum absolute atomic E-state index is 0.0168. The largest absolute Gasteiger partial charge is 0.595 e. The summed E-state index contributed by atoms with van der Waals surface area (Å²) in [6, 6.07) is 3.90. The second-order valence-corrected chi connectivity index (χ2v) is 7.04. The van der Waals surface area contributed by atoms with Crippen molar-refractivity contribution < 1.29 is 59.0 Å². The number of nitrogens with zero attached hydrogens (tertiary/aromatic N) is 2. The number of hydrogen-bond acceptors (Lipinski definition) is 5. The van der Waals surface area contributed by atoms with Crippen molar-refractivity contribution >= 4 is 22.7 Å². The zero-order chi connectivity index (χ0) is 26.5. The molecule has 15 heteroatoms. The highest BCUT2D eigenvalue weighted by Crippen LogP contribution is 2.36. The summed E-state index contributed by atoms with van der Waals surface area (Å²) in [6.07, 6.45) is -16.8.